The van der Waals surface area contributed by atoms with E-state index in [-0.39, 0.29) is 0 Å². The highest BCUT2D eigenvalue weighted by Crippen LogP contribution is 2.02. The number of anilines is 1. The number of hydrogen-bond acceptors (Lipinski definition) is 3. The number of nitrogen functional groups attached to an aromatic ring is 1. The maximum absolute atomic E-state index is 8.34. The van der Waals surface area contributed by atoms with Crippen molar-refractivity contribution in [3.05, 3.63) is 65.7 Å². The molecule has 3 N–H and O–H groups in total. The summed E-state index contributed by atoms with van der Waals surface area (Å²) >= 11 is 0. The second-order valence-corrected chi connectivity index (χ2v) is 3.72. The number of nitrogens with two attached hydrogens (primary N) is 1. The first-order valence-corrected chi connectivity index (χ1v) is 5.49. The van der Waals surface area contributed by atoms with Crippen molar-refractivity contribution in [1.82, 2.24) is 0 Å². The average Bonchev–Trinajstić information content (AvgIpc) is 2.41. The normalized spacial score (nSPS) is 8.67. The molecule has 2 rings (SSSR count). The van der Waals surface area contributed by atoms with Crippen molar-refractivity contribution in [1.29, 1.82) is 10.7 Å². The van der Waals surface area contributed by atoms with E-state index in [0.29, 0.717) is 17.0 Å². The van der Waals surface area contributed by atoms with Gasteiger partial charge in [0.15, 0.2) is 0 Å². The minimum atomic E-state index is 0.621. The third-order valence-electron chi connectivity index (χ3n) is 2.25. The predicted molar refractivity (Wildman–Crippen MR) is 74.5 cm³/mol. The lowest BCUT2D eigenvalue weighted by Gasteiger charge is -1.92. The Balaban J connectivity index is 0.000000180. The van der Waals surface area contributed by atoms with E-state index in [1.807, 2.05) is 36.4 Å². The number of nitrogens with zero attached hydrogens (tertiary/aromatic N) is 1. The van der Waals surface area contributed by atoms with E-state index in [0.717, 1.165) is 5.56 Å². The molecule has 0 fully saturated rings. The fraction of sp³-hybridized carbons (Fsp3) is 0.0667. The van der Waals surface area contributed by atoms with Crippen LogP contribution in [0.1, 0.15) is 18.1 Å². The smallest absolute Gasteiger partial charge is 0.0991 e. The molecule has 0 spiro atoms. The van der Waals surface area contributed by atoms with Crippen LogP contribution in [0.25, 0.3) is 0 Å². The minimum Gasteiger partial charge on any atom is -0.399 e. The first-order chi connectivity index (χ1) is 8.63. The molecule has 90 valence electrons. The molecule has 0 saturated heterocycles. The van der Waals surface area contributed by atoms with E-state index >= 15 is 0 Å². The molecular weight excluding hydrogens is 222 g/mol. The fourth-order valence-electron chi connectivity index (χ4n) is 1.25. The van der Waals surface area contributed by atoms with E-state index in [4.69, 9.17) is 16.4 Å². The molecule has 0 aliphatic rings. The van der Waals surface area contributed by atoms with Gasteiger partial charge in [-0.15, -0.1) is 0 Å². The molecular formula is C15H15N3. The van der Waals surface area contributed by atoms with Crippen molar-refractivity contribution in [3.63, 3.8) is 0 Å². The number of nitriles is 1. The standard InChI is InChI=1S/C8H9N.C7H6N2/c1-7(9)8-5-3-2-4-6-8;8-5-6-1-3-7(9)4-2-6/h2-6,9H,1H3;1-4H,9H2. The average molecular weight is 237 g/mol. The van der Waals surface area contributed by atoms with Gasteiger partial charge in [0.05, 0.1) is 11.6 Å². The summed E-state index contributed by atoms with van der Waals surface area (Å²) in [4.78, 5) is 0. The van der Waals surface area contributed by atoms with Crippen molar-refractivity contribution < 1.29 is 0 Å². The Labute approximate surface area is 107 Å². The molecule has 0 atom stereocenters. The number of benzene rings is 2. The van der Waals surface area contributed by atoms with Gasteiger partial charge >= 0.3 is 0 Å². The molecule has 2 aromatic rings. The molecule has 0 aromatic heterocycles. The highest BCUT2D eigenvalue weighted by Gasteiger charge is 1.88. The first-order valence-electron chi connectivity index (χ1n) is 5.49. The number of nitrogens with one attached hydrogen (secondary N) is 1. The van der Waals surface area contributed by atoms with Crippen LogP contribution in [-0.2, 0) is 0 Å². The highest BCUT2D eigenvalue weighted by atomic mass is 14.5. The molecule has 0 heterocycles. The van der Waals surface area contributed by atoms with Crippen LogP contribution in [0, 0.1) is 16.7 Å². The maximum Gasteiger partial charge on any atom is 0.0991 e. The SMILES string of the molecule is CC(=N)c1ccccc1.N#Cc1ccc(N)cc1. The molecule has 0 aliphatic heterocycles. The van der Waals surface area contributed by atoms with Crippen LogP contribution in [0.4, 0.5) is 5.69 Å². The van der Waals surface area contributed by atoms with Gasteiger partial charge in [-0.25, -0.2) is 0 Å². The fourth-order valence-corrected chi connectivity index (χ4v) is 1.25. The topological polar surface area (TPSA) is 73.7 Å². The molecule has 3 nitrogen and oxygen atoms in total. The van der Waals surface area contributed by atoms with Crippen molar-refractivity contribution in [2.24, 2.45) is 0 Å². The minimum absolute atomic E-state index is 0.621. The molecule has 0 unspecified atom stereocenters. The lowest BCUT2D eigenvalue weighted by Crippen LogP contribution is -1.88. The van der Waals surface area contributed by atoms with Gasteiger partial charge in [0, 0.05) is 11.4 Å². The Morgan fingerprint density at radius 3 is 2.00 bits per heavy atom. The predicted octanol–water partition coefficient (Wildman–Crippen LogP) is 3.21. The highest BCUT2D eigenvalue weighted by molar-refractivity contribution is 5.96. The summed E-state index contributed by atoms with van der Waals surface area (Å²) in [5, 5.41) is 15.6. The van der Waals surface area contributed by atoms with Gasteiger partial charge in [0.25, 0.3) is 0 Å². The van der Waals surface area contributed by atoms with Gasteiger partial charge in [0.2, 0.25) is 0 Å². The number of rotatable bonds is 1. The Hall–Kier alpha value is -2.60. The first kappa shape index (κ1) is 13.5. The molecule has 0 aliphatic carbocycles. The van der Waals surface area contributed by atoms with Gasteiger partial charge in [0.1, 0.15) is 0 Å². The van der Waals surface area contributed by atoms with Crippen LogP contribution in [0.2, 0.25) is 0 Å². The van der Waals surface area contributed by atoms with Crippen LogP contribution < -0.4 is 5.73 Å². The Morgan fingerprint density at radius 1 is 1.06 bits per heavy atom. The van der Waals surface area contributed by atoms with Gasteiger partial charge in [-0.2, -0.15) is 5.26 Å². The monoisotopic (exact) mass is 237 g/mol. The van der Waals surface area contributed by atoms with Gasteiger partial charge < -0.3 is 11.1 Å². The second kappa shape index (κ2) is 6.87. The zero-order valence-electron chi connectivity index (χ0n) is 10.2. The van der Waals surface area contributed by atoms with Crippen LogP contribution in [0.3, 0.4) is 0 Å². The molecule has 0 bridgehead atoms. The molecule has 2 aromatic carbocycles. The van der Waals surface area contributed by atoms with E-state index < -0.39 is 0 Å². The summed E-state index contributed by atoms with van der Waals surface area (Å²) in [6.07, 6.45) is 0. The largest absolute Gasteiger partial charge is 0.399 e. The zero-order chi connectivity index (χ0) is 13.4. The molecule has 0 saturated carbocycles. The second-order valence-electron chi connectivity index (χ2n) is 3.72. The van der Waals surface area contributed by atoms with Crippen LogP contribution >= 0.6 is 0 Å². The van der Waals surface area contributed by atoms with Crippen LogP contribution in [-0.4, -0.2) is 5.71 Å². The summed E-state index contributed by atoms with van der Waals surface area (Å²) in [6.45, 7) is 1.79. The van der Waals surface area contributed by atoms with Crippen molar-refractivity contribution in [3.8, 4) is 6.07 Å². The van der Waals surface area contributed by atoms with Crippen molar-refractivity contribution in [2.75, 3.05) is 5.73 Å². The van der Waals surface area contributed by atoms with Crippen LogP contribution in [0.15, 0.2) is 54.6 Å². The van der Waals surface area contributed by atoms with Gasteiger partial charge in [-0.3, -0.25) is 0 Å². The summed E-state index contributed by atoms with van der Waals surface area (Å²) in [6, 6.07) is 18.5. The van der Waals surface area contributed by atoms with Crippen molar-refractivity contribution >= 4 is 11.4 Å². The van der Waals surface area contributed by atoms with E-state index in [1.165, 1.54) is 0 Å². The van der Waals surface area contributed by atoms with Crippen LogP contribution in [0.5, 0.6) is 0 Å². The molecule has 0 amide bonds. The molecule has 18 heavy (non-hydrogen) atoms. The third kappa shape index (κ3) is 4.50. The van der Waals surface area contributed by atoms with E-state index in [9.17, 15) is 0 Å². The van der Waals surface area contributed by atoms with Crippen molar-refractivity contribution in [2.45, 2.75) is 6.92 Å². The summed E-state index contributed by atoms with van der Waals surface area (Å²) < 4.78 is 0. The Morgan fingerprint density at radius 2 is 1.61 bits per heavy atom. The lowest BCUT2D eigenvalue weighted by molar-refractivity contribution is 1.46. The number of hydrogen-bond donors (Lipinski definition) is 2. The third-order valence-corrected chi connectivity index (χ3v) is 2.25. The Bertz CT molecular complexity index is 536. The zero-order valence-corrected chi connectivity index (χ0v) is 10.2. The quantitative estimate of drug-likeness (QED) is 0.590. The summed E-state index contributed by atoms with van der Waals surface area (Å²) in [5.74, 6) is 0. The molecule has 3 heteroatoms. The summed E-state index contributed by atoms with van der Waals surface area (Å²) in [5.41, 5.74) is 8.32. The maximum atomic E-state index is 8.34. The van der Waals surface area contributed by atoms with E-state index in [1.54, 1.807) is 31.2 Å². The van der Waals surface area contributed by atoms with Gasteiger partial charge in [-0.1, -0.05) is 30.3 Å². The van der Waals surface area contributed by atoms with Gasteiger partial charge in [-0.05, 0) is 36.8 Å². The molecule has 0 radical (unpaired) electrons. The Kier molecular flexibility index (Phi) is 5.14. The lowest BCUT2D eigenvalue weighted by atomic mass is 10.1. The summed E-state index contributed by atoms with van der Waals surface area (Å²) in [7, 11) is 0. The van der Waals surface area contributed by atoms with E-state index in [2.05, 4.69) is 0 Å².